The Labute approximate surface area is 122 Å². The Morgan fingerprint density at radius 3 is 2.52 bits per heavy atom. The maximum atomic E-state index is 13.0. The summed E-state index contributed by atoms with van der Waals surface area (Å²) in [6.07, 6.45) is 0. The number of nitrogens with zero attached hydrogens (tertiary/aromatic N) is 5. The molecule has 0 aliphatic heterocycles. The molecule has 0 bridgehead atoms. The topological polar surface area (TPSA) is 46.3 Å². The molecule has 0 aliphatic carbocycles. The first-order chi connectivity index (χ1) is 10.1. The molecular formula is C15H16FN5. The fraction of sp³-hybridized carbons (Fsp3) is 0.267. The Morgan fingerprint density at radius 1 is 1.10 bits per heavy atom. The molecule has 0 spiro atoms. The van der Waals surface area contributed by atoms with Gasteiger partial charge in [0.05, 0.1) is 6.04 Å². The summed E-state index contributed by atoms with van der Waals surface area (Å²) in [4.78, 5) is 2.03. The lowest BCUT2D eigenvalue weighted by Gasteiger charge is -2.26. The minimum atomic E-state index is -0.228. The monoisotopic (exact) mass is 285 g/mol. The van der Waals surface area contributed by atoms with E-state index >= 15 is 0 Å². The highest BCUT2D eigenvalue weighted by atomic mass is 19.1. The Bertz CT molecular complexity index is 765. The summed E-state index contributed by atoms with van der Waals surface area (Å²) in [6.45, 7) is 3.91. The summed E-state index contributed by atoms with van der Waals surface area (Å²) in [5.74, 6) is 1.32. The van der Waals surface area contributed by atoms with E-state index in [0.717, 1.165) is 22.9 Å². The van der Waals surface area contributed by atoms with Gasteiger partial charge in [-0.05, 0) is 43.7 Å². The Kier molecular flexibility index (Phi) is 3.29. The van der Waals surface area contributed by atoms with Crippen molar-refractivity contribution >= 4 is 11.5 Å². The summed E-state index contributed by atoms with van der Waals surface area (Å²) < 4.78 is 14.7. The minimum Gasteiger partial charge on any atom is -0.351 e. The van der Waals surface area contributed by atoms with Gasteiger partial charge < -0.3 is 4.90 Å². The number of fused-ring (bicyclic) bond motifs is 1. The molecule has 1 unspecified atom stereocenters. The van der Waals surface area contributed by atoms with Crippen molar-refractivity contribution in [1.82, 2.24) is 19.8 Å². The number of halogens is 1. The molecule has 6 heteroatoms. The van der Waals surface area contributed by atoms with Crippen LogP contribution in [0.15, 0.2) is 36.4 Å². The Balaban J connectivity index is 1.93. The highest BCUT2D eigenvalue weighted by molar-refractivity contribution is 5.46. The molecular weight excluding hydrogens is 269 g/mol. The van der Waals surface area contributed by atoms with Crippen molar-refractivity contribution in [2.24, 2.45) is 0 Å². The molecule has 108 valence electrons. The van der Waals surface area contributed by atoms with Crippen LogP contribution in [0.25, 0.3) is 5.65 Å². The van der Waals surface area contributed by atoms with Gasteiger partial charge in [0.2, 0.25) is 0 Å². The van der Waals surface area contributed by atoms with Crippen LogP contribution in [0.5, 0.6) is 0 Å². The molecule has 3 rings (SSSR count). The zero-order chi connectivity index (χ0) is 15.0. The number of rotatable bonds is 3. The van der Waals surface area contributed by atoms with E-state index in [1.54, 1.807) is 16.6 Å². The van der Waals surface area contributed by atoms with Crippen molar-refractivity contribution in [3.63, 3.8) is 0 Å². The molecule has 21 heavy (non-hydrogen) atoms. The van der Waals surface area contributed by atoms with Gasteiger partial charge in [-0.2, -0.15) is 4.52 Å². The lowest BCUT2D eigenvalue weighted by molar-refractivity contribution is 0.624. The van der Waals surface area contributed by atoms with Crippen molar-refractivity contribution in [2.75, 3.05) is 11.9 Å². The number of aryl methyl sites for hydroxylation is 1. The molecule has 0 radical (unpaired) electrons. The summed E-state index contributed by atoms with van der Waals surface area (Å²) in [6, 6.07) is 10.4. The van der Waals surface area contributed by atoms with Gasteiger partial charge in [-0.3, -0.25) is 0 Å². The predicted octanol–water partition coefficient (Wildman–Crippen LogP) is 2.77. The zero-order valence-corrected chi connectivity index (χ0v) is 12.2. The number of aromatic nitrogens is 4. The van der Waals surface area contributed by atoms with Crippen molar-refractivity contribution in [3.05, 3.63) is 53.6 Å². The third-order valence-electron chi connectivity index (χ3n) is 3.70. The van der Waals surface area contributed by atoms with Gasteiger partial charge >= 0.3 is 0 Å². The normalized spacial score (nSPS) is 12.6. The standard InChI is InChI=1S/C15H16FN5/c1-10(12-4-6-13(16)7-5-12)20(3)15-9-8-14-18-17-11(2)21(14)19-15/h4-10H,1-3H3. The van der Waals surface area contributed by atoms with Crippen molar-refractivity contribution < 1.29 is 4.39 Å². The minimum absolute atomic E-state index is 0.0762. The van der Waals surface area contributed by atoms with E-state index in [0.29, 0.717) is 0 Å². The maximum absolute atomic E-state index is 13.0. The number of benzene rings is 1. The van der Waals surface area contributed by atoms with Gasteiger partial charge in [0, 0.05) is 7.05 Å². The third-order valence-corrected chi connectivity index (χ3v) is 3.70. The highest BCUT2D eigenvalue weighted by Gasteiger charge is 2.15. The van der Waals surface area contributed by atoms with Crippen LogP contribution >= 0.6 is 0 Å². The summed E-state index contributed by atoms with van der Waals surface area (Å²) in [7, 11) is 1.96. The molecule has 2 heterocycles. The quantitative estimate of drug-likeness (QED) is 0.742. The molecule has 5 nitrogen and oxygen atoms in total. The van der Waals surface area contributed by atoms with Crippen LogP contribution in [-0.2, 0) is 0 Å². The fourth-order valence-electron chi connectivity index (χ4n) is 2.24. The first kappa shape index (κ1) is 13.5. The summed E-state index contributed by atoms with van der Waals surface area (Å²) >= 11 is 0. The van der Waals surface area contributed by atoms with Gasteiger partial charge in [-0.15, -0.1) is 15.3 Å². The number of hydrogen-bond acceptors (Lipinski definition) is 4. The molecule has 0 saturated carbocycles. The Hall–Kier alpha value is -2.50. The van der Waals surface area contributed by atoms with E-state index < -0.39 is 0 Å². The average Bonchev–Trinajstić information content (AvgIpc) is 2.87. The molecule has 1 aromatic carbocycles. The first-order valence-electron chi connectivity index (χ1n) is 6.73. The second-order valence-corrected chi connectivity index (χ2v) is 5.05. The van der Waals surface area contributed by atoms with Crippen LogP contribution in [0.2, 0.25) is 0 Å². The average molecular weight is 285 g/mol. The number of anilines is 1. The molecule has 0 fully saturated rings. The highest BCUT2D eigenvalue weighted by Crippen LogP contribution is 2.24. The van der Waals surface area contributed by atoms with Gasteiger partial charge in [-0.25, -0.2) is 4.39 Å². The van der Waals surface area contributed by atoms with E-state index in [1.165, 1.54) is 12.1 Å². The van der Waals surface area contributed by atoms with Crippen molar-refractivity contribution in [1.29, 1.82) is 0 Å². The second-order valence-electron chi connectivity index (χ2n) is 5.05. The van der Waals surface area contributed by atoms with E-state index in [4.69, 9.17) is 0 Å². The SMILES string of the molecule is Cc1nnc2ccc(N(C)C(C)c3ccc(F)cc3)nn12. The van der Waals surface area contributed by atoms with E-state index in [2.05, 4.69) is 22.2 Å². The molecule has 1 atom stereocenters. The van der Waals surface area contributed by atoms with Crippen molar-refractivity contribution in [3.8, 4) is 0 Å². The van der Waals surface area contributed by atoms with Crippen LogP contribution in [0.3, 0.4) is 0 Å². The smallest absolute Gasteiger partial charge is 0.178 e. The van der Waals surface area contributed by atoms with E-state index in [1.807, 2.05) is 31.0 Å². The van der Waals surface area contributed by atoms with Crippen LogP contribution in [0.1, 0.15) is 24.4 Å². The van der Waals surface area contributed by atoms with Crippen LogP contribution in [0, 0.1) is 12.7 Å². The molecule has 0 saturated heterocycles. The van der Waals surface area contributed by atoms with E-state index in [9.17, 15) is 4.39 Å². The van der Waals surface area contributed by atoms with Gasteiger partial charge in [0.1, 0.15) is 11.6 Å². The summed E-state index contributed by atoms with van der Waals surface area (Å²) in [5.41, 5.74) is 1.75. The second kappa shape index (κ2) is 5.12. The lowest BCUT2D eigenvalue weighted by atomic mass is 10.1. The molecule has 2 aromatic heterocycles. The maximum Gasteiger partial charge on any atom is 0.178 e. The largest absolute Gasteiger partial charge is 0.351 e. The van der Waals surface area contributed by atoms with Crippen LogP contribution < -0.4 is 4.90 Å². The first-order valence-corrected chi connectivity index (χ1v) is 6.73. The van der Waals surface area contributed by atoms with Crippen LogP contribution in [-0.4, -0.2) is 26.9 Å². The van der Waals surface area contributed by atoms with Gasteiger partial charge in [-0.1, -0.05) is 12.1 Å². The van der Waals surface area contributed by atoms with Gasteiger partial charge in [0.15, 0.2) is 11.5 Å². The number of hydrogen-bond donors (Lipinski definition) is 0. The Morgan fingerprint density at radius 2 is 1.81 bits per heavy atom. The third kappa shape index (κ3) is 2.44. The fourth-order valence-corrected chi connectivity index (χ4v) is 2.24. The van der Waals surface area contributed by atoms with Crippen molar-refractivity contribution in [2.45, 2.75) is 19.9 Å². The molecule has 3 aromatic rings. The summed E-state index contributed by atoms with van der Waals surface area (Å²) in [5, 5.41) is 12.6. The predicted molar refractivity (Wildman–Crippen MR) is 78.7 cm³/mol. The molecule has 0 N–H and O–H groups in total. The lowest BCUT2D eigenvalue weighted by Crippen LogP contribution is -2.23. The van der Waals surface area contributed by atoms with E-state index in [-0.39, 0.29) is 11.9 Å². The van der Waals surface area contributed by atoms with Gasteiger partial charge in [0.25, 0.3) is 0 Å². The zero-order valence-electron chi connectivity index (χ0n) is 12.2. The van der Waals surface area contributed by atoms with Crippen LogP contribution in [0.4, 0.5) is 10.2 Å². The molecule has 0 amide bonds. The molecule has 0 aliphatic rings.